The van der Waals surface area contributed by atoms with E-state index in [1.165, 1.54) is 55.6 Å². The van der Waals surface area contributed by atoms with Crippen molar-refractivity contribution in [1.82, 2.24) is 0 Å². The van der Waals surface area contributed by atoms with Gasteiger partial charge in [0.2, 0.25) is 0 Å². The number of rotatable bonds is 16. The van der Waals surface area contributed by atoms with Crippen LogP contribution in [0.25, 0.3) is 156 Å². The first-order chi connectivity index (χ1) is 60.8. The number of halogens is 2. The molecular formula is C122H114Br2N2S2. The van der Waals surface area contributed by atoms with E-state index in [2.05, 4.69) is 519 Å². The first-order valence-electron chi connectivity index (χ1n) is 44.7. The number of nitrogens with one attached hydrogen (secondary N) is 2. The highest BCUT2D eigenvalue weighted by molar-refractivity contribution is 9.11. The number of hydrogen-bond acceptors (Lipinski definition) is 2. The predicted octanol–water partition coefficient (Wildman–Crippen LogP) is 36.5. The van der Waals surface area contributed by atoms with Crippen molar-refractivity contribution in [2.45, 2.75) is 157 Å². The Balaban J connectivity index is 0.849. The smallest absolute Gasteiger partial charge is 0.138 e. The zero-order chi connectivity index (χ0) is 90.5. The van der Waals surface area contributed by atoms with Crippen LogP contribution in [0.3, 0.4) is 0 Å². The lowest BCUT2D eigenvalue weighted by Crippen LogP contribution is -2.26. The summed E-state index contributed by atoms with van der Waals surface area (Å²) in [5.74, 6) is 0. The van der Waals surface area contributed by atoms with Crippen molar-refractivity contribution < 1.29 is 0 Å². The Kier molecular flexibility index (Phi) is 25.3. The normalized spacial score (nSPS) is 12.1. The van der Waals surface area contributed by atoms with Crippen molar-refractivity contribution in [2.75, 3.05) is 10.6 Å². The maximum Gasteiger partial charge on any atom is 0.138 e. The van der Waals surface area contributed by atoms with Crippen LogP contribution in [-0.4, -0.2) is 9.98 Å². The summed E-state index contributed by atoms with van der Waals surface area (Å²) >= 11 is 21.8. The molecular weight excluding hydrogens is 1720 g/mol. The molecule has 0 radical (unpaired) electrons. The molecule has 16 aromatic rings. The molecule has 0 aliphatic carbocycles. The molecule has 0 heterocycles. The summed E-state index contributed by atoms with van der Waals surface area (Å²) in [6, 6.07) is 131. The van der Waals surface area contributed by atoms with E-state index < -0.39 is 0 Å². The lowest BCUT2D eigenvalue weighted by atomic mass is 9.81. The van der Waals surface area contributed by atoms with Crippen molar-refractivity contribution in [3.05, 3.63) is 394 Å². The molecule has 0 amide bonds. The lowest BCUT2D eigenvalue weighted by molar-refractivity contribution is 0.590. The van der Waals surface area contributed by atoms with Crippen LogP contribution in [0, 0.1) is 0 Å². The molecule has 2 nitrogen and oxygen atoms in total. The van der Waals surface area contributed by atoms with Gasteiger partial charge in [0, 0.05) is 20.1 Å². The standard InChI is InChI=1S/C122H114Br2N2S2/c1-117(2,3)97-57-45-83(46-58-97)79-29-37-87(38-30-79)103-69-93(77-25-21-19-22-26-77)70-104(88-39-31-80(32-40-88)84-47-59-98(60-48-84)118(4,5)6)111(103)95-73-107(91-53-65-101(66-54-91)121(13,14)15)113(108(74-95)92-55-67-102(68-56-92)122(16,17)18)125-115(127)116(128)126-114-109(123)75-96(76-110(114)124)112-105(89-41-33-81(34-42-89)85-49-61-99(62-50-85)119(7,8)9)71-94(78-27-23-20-24-28-78)72-106(112)90-43-35-82(36-44-90)86-51-63-100(64-52-86)120(10,11)12/h19-76H,1-18H3,(H,125,127)(H,126,128). The van der Waals surface area contributed by atoms with Gasteiger partial charge in [-0.1, -0.05) is 452 Å². The SMILES string of the molecule is CC(C)(C)c1ccc(-c2ccc(-c3cc(-c4ccccc4)cc(-c4ccc(-c5ccc(C(C)(C)C)cc5)cc4)c3-c3cc(Br)c(NC(=S)C(=S)Nc4c(-c5ccc(C(C)(C)C)cc5)cc(-c5c(-c6ccc(-c7ccc(C(C)(C)C)cc7)cc6)cc(-c6ccccc6)cc5-c5ccc(-c6ccc(C(C)(C)C)cc6)cc5)cc4-c4ccc(C(C)(C)C)cc4)c(Br)c3)cc2)cc1. The molecule has 0 bridgehead atoms. The Morgan fingerprint density at radius 3 is 0.562 bits per heavy atom. The van der Waals surface area contributed by atoms with Gasteiger partial charge in [-0.15, -0.1) is 0 Å². The van der Waals surface area contributed by atoms with Crippen LogP contribution >= 0.6 is 56.3 Å². The Morgan fingerprint density at radius 2 is 0.344 bits per heavy atom. The maximum atomic E-state index is 6.77. The minimum Gasteiger partial charge on any atom is -0.343 e. The highest BCUT2D eigenvalue weighted by atomic mass is 79.9. The Hall–Kier alpha value is -11.7. The zero-order valence-corrected chi connectivity index (χ0v) is 81.9. The van der Waals surface area contributed by atoms with Gasteiger partial charge in [0.25, 0.3) is 0 Å². The summed E-state index contributed by atoms with van der Waals surface area (Å²) in [5.41, 5.74) is 39.9. The van der Waals surface area contributed by atoms with E-state index in [4.69, 9.17) is 24.4 Å². The van der Waals surface area contributed by atoms with E-state index in [1.54, 1.807) is 0 Å². The Labute approximate surface area is 788 Å². The monoisotopic (exact) mass is 1830 g/mol. The maximum absolute atomic E-state index is 6.77. The summed E-state index contributed by atoms with van der Waals surface area (Å²) in [6.45, 7) is 40.9. The average Bonchev–Trinajstić information content (AvgIpc) is 0.784. The fraction of sp³-hybridized carbons (Fsp3) is 0.197. The largest absolute Gasteiger partial charge is 0.343 e. The summed E-state index contributed by atoms with van der Waals surface area (Å²) in [4.78, 5) is 0.702. The van der Waals surface area contributed by atoms with Gasteiger partial charge in [0.05, 0.1) is 11.4 Å². The molecule has 0 saturated carbocycles. The van der Waals surface area contributed by atoms with E-state index in [0.717, 1.165) is 154 Å². The van der Waals surface area contributed by atoms with Crippen LogP contribution in [-0.2, 0) is 32.5 Å². The Bertz CT molecular complexity index is 6400. The molecule has 0 aliphatic heterocycles. The van der Waals surface area contributed by atoms with Gasteiger partial charge >= 0.3 is 0 Å². The second-order valence-corrected chi connectivity index (χ2v) is 43.1. The molecule has 0 aliphatic rings. The summed E-state index contributed by atoms with van der Waals surface area (Å²) in [6.07, 6.45) is 0. The van der Waals surface area contributed by atoms with Gasteiger partial charge in [0.1, 0.15) is 9.98 Å². The van der Waals surface area contributed by atoms with Gasteiger partial charge in [-0.05, 0) is 291 Å². The number of thiocarbonyl (C=S) groups is 2. The van der Waals surface area contributed by atoms with Crippen molar-refractivity contribution in [3.8, 4) is 156 Å². The molecule has 0 unspecified atom stereocenters. The van der Waals surface area contributed by atoms with E-state index in [-0.39, 0.29) is 32.5 Å². The molecule has 16 aromatic carbocycles. The van der Waals surface area contributed by atoms with Crippen LogP contribution in [0.2, 0.25) is 0 Å². The molecule has 0 fully saturated rings. The average molecular weight is 1830 g/mol. The number of benzene rings is 16. The van der Waals surface area contributed by atoms with Crippen molar-refractivity contribution >= 4 is 77.6 Å². The highest BCUT2D eigenvalue weighted by Gasteiger charge is 2.29. The van der Waals surface area contributed by atoms with Gasteiger partial charge < -0.3 is 10.6 Å². The van der Waals surface area contributed by atoms with Gasteiger partial charge in [-0.2, -0.15) is 0 Å². The van der Waals surface area contributed by atoms with E-state index in [1.807, 2.05) is 0 Å². The quantitative estimate of drug-likeness (QED) is 0.0942. The fourth-order valence-electron chi connectivity index (χ4n) is 17.3. The van der Waals surface area contributed by atoms with Crippen LogP contribution in [0.5, 0.6) is 0 Å². The van der Waals surface area contributed by atoms with Crippen molar-refractivity contribution in [2.24, 2.45) is 0 Å². The number of anilines is 2. The zero-order valence-electron chi connectivity index (χ0n) is 77.1. The number of hydrogen-bond donors (Lipinski definition) is 2. The third-order valence-electron chi connectivity index (χ3n) is 25.2. The predicted molar refractivity (Wildman–Crippen MR) is 569 cm³/mol. The van der Waals surface area contributed by atoms with E-state index in [9.17, 15) is 0 Å². The lowest BCUT2D eigenvalue weighted by Gasteiger charge is -2.25. The molecule has 2 N–H and O–H groups in total. The van der Waals surface area contributed by atoms with Crippen LogP contribution in [0.1, 0.15) is 158 Å². The first kappa shape index (κ1) is 89.6. The van der Waals surface area contributed by atoms with Crippen molar-refractivity contribution in [3.63, 3.8) is 0 Å². The minimum atomic E-state index is -0.112. The van der Waals surface area contributed by atoms with Gasteiger partial charge in [-0.25, -0.2) is 0 Å². The minimum absolute atomic E-state index is 0.0305. The molecule has 0 saturated heterocycles. The summed E-state index contributed by atoms with van der Waals surface area (Å²) in [7, 11) is 0. The molecule has 0 spiro atoms. The molecule has 6 heteroatoms. The highest BCUT2D eigenvalue weighted by Crippen LogP contribution is 2.52. The molecule has 0 atom stereocenters. The fourth-order valence-corrected chi connectivity index (χ4v) is 19.0. The Morgan fingerprint density at radius 1 is 0.180 bits per heavy atom. The summed E-state index contributed by atoms with van der Waals surface area (Å²) < 4.78 is 1.59. The van der Waals surface area contributed by atoms with E-state index >= 15 is 0 Å². The van der Waals surface area contributed by atoms with Crippen LogP contribution < -0.4 is 10.6 Å². The van der Waals surface area contributed by atoms with Gasteiger partial charge in [0.15, 0.2) is 0 Å². The van der Waals surface area contributed by atoms with Gasteiger partial charge in [-0.3, -0.25) is 0 Å². The second kappa shape index (κ2) is 36.1. The molecule has 638 valence electrons. The van der Waals surface area contributed by atoms with Crippen LogP contribution in [0.4, 0.5) is 11.4 Å². The van der Waals surface area contributed by atoms with E-state index in [0.29, 0.717) is 9.98 Å². The summed E-state index contributed by atoms with van der Waals surface area (Å²) in [5, 5.41) is 7.66. The molecule has 128 heavy (non-hydrogen) atoms. The third kappa shape index (κ3) is 19.8. The third-order valence-corrected chi connectivity index (χ3v) is 27.2. The second-order valence-electron chi connectivity index (χ2n) is 40.6. The van der Waals surface area contributed by atoms with Crippen LogP contribution in [0.15, 0.2) is 361 Å². The van der Waals surface area contributed by atoms with Crippen molar-refractivity contribution in [1.29, 1.82) is 0 Å². The topological polar surface area (TPSA) is 24.1 Å². The molecule has 16 rings (SSSR count). The molecule has 0 aromatic heterocycles. The first-order valence-corrected chi connectivity index (χ1v) is 47.1.